The van der Waals surface area contributed by atoms with Crippen molar-refractivity contribution in [1.82, 2.24) is 9.55 Å². The second-order valence-electron chi connectivity index (χ2n) is 5.47. The molecular formula is C14H17BrN2. The van der Waals surface area contributed by atoms with Crippen molar-refractivity contribution in [3.63, 3.8) is 0 Å². The van der Waals surface area contributed by atoms with E-state index in [2.05, 4.69) is 70.5 Å². The lowest BCUT2D eigenvalue weighted by Gasteiger charge is -2.19. The van der Waals surface area contributed by atoms with Crippen LogP contribution in [0.1, 0.15) is 26.5 Å². The highest BCUT2D eigenvalue weighted by molar-refractivity contribution is 9.10. The smallest absolute Gasteiger partial charge is 0.0994 e. The summed E-state index contributed by atoms with van der Waals surface area (Å²) in [5.41, 5.74) is 2.68. The minimum Gasteiger partial charge on any atom is -0.303 e. The molecule has 1 aromatic carbocycles. The Morgan fingerprint density at radius 2 is 1.82 bits per heavy atom. The molecule has 0 atom stereocenters. The quantitative estimate of drug-likeness (QED) is 0.810. The zero-order valence-corrected chi connectivity index (χ0v) is 12.0. The van der Waals surface area contributed by atoms with Crippen molar-refractivity contribution in [3.8, 4) is 5.69 Å². The number of hydrogen-bond acceptors (Lipinski definition) is 1. The van der Waals surface area contributed by atoms with Crippen LogP contribution in [-0.2, 0) is 6.42 Å². The number of rotatable bonds is 2. The highest BCUT2D eigenvalue weighted by atomic mass is 79.9. The van der Waals surface area contributed by atoms with Gasteiger partial charge < -0.3 is 4.57 Å². The molecule has 0 fully saturated rings. The standard InChI is InChI=1S/C14H17BrN2/c1-14(2,3)8-13-9-16-10-17(13)12-6-4-11(15)5-7-12/h4-7,9-10H,8H2,1-3H3. The first-order valence-corrected chi connectivity index (χ1v) is 6.52. The second-order valence-corrected chi connectivity index (χ2v) is 6.38. The number of halogens is 1. The molecule has 2 rings (SSSR count). The molecule has 0 bridgehead atoms. The third-order valence-corrected chi connectivity index (χ3v) is 3.06. The lowest BCUT2D eigenvalue weighted by Crippen LogP contribution is -2.12. The van der Waals surface area contributed by atoms with Gasteiger partial charge in [0, 0.05) is 22.1 Å². The lowest BCUT2D eigenvalue weighted by molar-refractivity contribution is 0.404. The van der Waals surface area contributed by atoms with Crippen LogP contribution < -0.4 is 0 Å². The van der Waals surface area contributed by atoms with Gasteiger partial charge in [0.15, 0.2) is 0 Å². The molecule has 0 amide bonds. The fraction of sp³-hybridized carbons (Fsp3) is 0.357. The molecule has 1 aromatic heterocycles. The van der Waals surface area contributed by atoms with Gasteiger partial charge in [0.25, 0.3) is 0 Å². The predicted molar refractivity (Wildman–Crippen MR) is 74.4 cm³/mol. The Bertz CT molecular complexity index is 492. The van der Waals surface area contributed by atoms with Gasteiger partial charge in [0.1, 0.15) is 0 Å². The Morgan fingerprint density at radius 1 is 1.18 bits per heavy atom. The summed E-state index contributed by atoms with van der Waals surface area (Å²) in [5.74, 6) is 0. The minimum atomic E-state index is 0.271. The second kappa shape index (κ2) is 4.65. The Labute approximate surface area is 111 Å². The molecule has 0 unspecified atom stereocenters. The molecule has 0 radical (unpaired) electrons. The SMILES string of the molecule is CC(C)(C)Cc1cncn1-c1ccc(Br)cc1. The van der Waals surface area contributed by atoms with E-state index < -0.39 is 0 Å². The van der Waals surface area contributed by atoms with E-state index >= 15 is 0 Å². The minimum absolute atomic E-state index is 0.271. The fourth-order valence-electron chi connectivity index (χ4n) is 1.83. The third-order valence-electron chi connectivity index (χ3n) is 2.53. The largest absolute Gasteiger partial charge is 0.303 e. The number of benzene rings is 1. The summed E-state index contributed by atoms with van der Waals surface area (Å²) in [6.45, 7) is 6.73. The number of hydrogen-bond donors (Lipinski definition) is 0. The molecule has 17 heavy (non-hydrogen) atoms. The van der Waals surface area contributed by atoms with Gasteiger partial charge in [-0.05, 0) is 36.1 Å². The first-order valence-electron chi connectivity index (χ1n) is 5.73. The van der Waals surface area contributed by atoms with Crippen molar-refractivity contribution in [2.75, 3.05) is 0 Å². The van der Waals surface area contributed by atoms with Gasteiger partial charge in [-0.3, -0.25) is 0 Å². The molecule has 1 heterocycles. The number of nitrogens with zero attached hydrogens (tertiary/aromatic N) is 2. The molecule has 0 saturated heterocycles. The molecule has 0 aliphatic heterocycles. The van der Waals surface area contributed by atoms with Gasteiger partial charge in [0.2, 0.25) is 0 Å². The Hall–Kier alpha value is -1.09. The topological polar surface area (TPSA) is 17.8 Å². The first kappa shape index (κ1) is 12.4. The van der Waals surface area contributed by atoms with Crippen LogP contribution in [0.2, 0.25) is 0 Å². The Morgan fingerprint density at radius 3 is 2.41 bits per heavy atom. The summed E-state index contributed by atoms with van der Waals surface area (Å²) < 4.78 is 3.25. The van der Waals surface area contributed by atoms with Gasteiger partial charge in [-0.1, -0.05) is 36.7 Å². The normalized spacial score (nSPS) is 11.8. The van der Waals surface area contributed by atoms with Crippen molar-refractivity contribution in [2.45, 2.75) is 27.2 Å². The fourth-order valence-corrected chi connectivity index (χ4v) is 2.10. The summed E-state index contributed by atoms with van der Waals surface area (Å²) in [6.07, 6.45) is 4.85. The van der Waals surface area contributed by atoms with Gasteiger partial charge in [-0.25, -0.2) is 4.98 Å². The molecular weight excluding hydrogens is 276 g/mol. The maximum absolute atomic E-state index is 4.26. The molecule has 0 aliphatic rings. The van der Waals surface area contributed by atoms with Crippen LogP contribution in [0.15, 0.2) is 41.3 Å². The first-order chi connectivity index (χ1) is 7.96. The summed E-state index contributed by atoms with van der Waals surface area (Å²) in [7, 11) is 0. The van der Waals surface area contributed by atoms with E-state index in [1.54, 1.807) is 0 Å². The van der Waals surface area contributed by atoms with Crippen molar-refractivity contribution in [3.05, 3.63) is 47.0 Å². The molecule has 2 nitrogen and oxygen atoms in total. The maximum atomic E-state index is 4.26. The van der Waals surface area contributed by atoms with Crippen molar-refractivity contribution in [2.24, 2.45) is 5.41 Å². The zero-order chi connectivity index (χ0) is 12.5. The summed E-state index contributed by atoms with van der Waals surface area (Å²) in [6, 6.07) is 8.29. The maximum Gasteiger partial charge on any atom is 0.0994 e. The van der Waals surface area contributed by atoms with Gasteiger partial charge in [0.05, 0.1) is 6.33 Å². The molecule has 3 heteroatoms. The van der Waals surface area contributed by atoms with Crippen molar-refractivity contribution >= 4 is 15.9 Å². The Balaban J connectivity index is 2.33. The van der Waals surface area contributed by atoms with E-state index in [0.717, 1.165) is 16.6 Å². The molecule has 0 aliphatic carbocycles. The molecule has 2 aromatic rings. The third kappa shape index (κ3) is 3.19. The van der Waals surface area contributed by atoms with Crippen LogP contribution in [0.3, 0.4) is 0 Å². The average Bonchev–Trinajstić information content (AvgIpc) is 2.64. The van der Waals surface area contributed by atoms with Crippen LogP contribution >= 0.6 is 15.9 Å². The van der Waals surface area contributed by atoms with Gasteiger partial charge in [-0.2, -0.15) is 0 Å². The summed E-state index contributed by atoms with van der Waals surface area (Å²) in [5, 5.41) is 0. The monoisotopic (exact) mass is 292 g/mol. The van der Waals surface area contributed by atoms with Crippen molar-refractivity contribution < 1.29 is 0 Å². The van der Waals surface area contributed by atoms with Crippen LogP contribution in [0.5, 0.6) is 0 Å². The molecule has 90 valence electrons. The summed E-state index contributed by atoms with van der Waals surface area (Å²) >= 11 is 3.45. The van der Waals surface area contributed by atoms with E-state index in [1.165, 1.54) is 5.69 Å². The Kier molecular flexibility index (Phi) is 3.38. The highest BCUT2D eigenvalue weighted by Gasteiger charge is 2.14. The molecule has 0 spiro atoms. The zero-order valence-electron chi connectivity index (χ0n) is 10.4. The van der Waals surface area contributed by atoms with E-state index in [-0.39, 0.29) is 5.41 Å². The number of aromatic nitrogens is 2. The lowest BCUT2D eigenvalue weighted by atomic mass is 9.91. The summed E-state index contributed by atoms with van der Waals surface area (Å²) in [4.78, 5) is 4.26. The van der Waals surface area contributed by atoms with Crippen LogP contribution in [0.4, 0.5) is 0 Å². The van der Waals surface area contributed by atoms with E-state index in [9.17, 15) is 0 Å². The van der Waals surface area contributed by atoms with E-state index in [1.807, 2.05) is 12.5 Å². The van der Waals surface area contributed by atoms with Gasteiger partial charge in [-0.15, -0.1) is 0 Å². The van der Waals surface area contributed by atoms with E-state index in [0.29, 0.717) is 0 Å². The average molecular weight is 293 g/mol. The van der Waals surface area contributed by atoms with Crippen LogP contribution in [-0.4, -0.2) is 9.55 Å². The van der Waals surface area contributed by atoms with Crippen LogP contribution in [0.25, 0.3) is 5.69 Å². The molecule has 0 saturated carbocycles. The number of imidazole rings is 1. The predicted octanol–water partition coefficient (Wildman–Crippen LogP) is 4.22. The van der Waals surface area contributed by atoms with Gasteiger partial charge >= 0.3 is 0 Å². The molecule has 0 N–H and O–H groups in total. The highest BCUT2D eigenvalue weighted by Crippen LogP contribution is 2.23. The van der Waals surface area contributed by atoms with Crippen LogP contribution in [0, 0.1) is 5.41 Å². The van der Waals surface area contributed by atoms with E-state index in [4.69, 9.17) is 0 Å². The van der Waals surface area contributed by atoms with Crippen molar-refractivity contribution in [1.29, 1.82) is 0 Å².